The first kappa shape index (κ1) is 11.1. The highest BCUT2D eigenvalue weighted by Gasteiger charge is 2.17. The van der Waals surface area contributed by atoms with Gasteiger partial charge < -0.3 is 0 Å². The SMILES string of the molecule is Cc1cnc([C@H](C)[C@@H](C)[SH](=O)=O)cn1. The Bertz CT molecular complexity index is 365. The van der Waals surface area contributed by atoms with E-state index in [9.17, 15) is 8.42 Å². The van der Waals surface area contributed by atoms with Gasteiger partial charge in [0.15, 0.2) is 0 Å². The molecular weight excluding hydrogens is 200 g/mol. The van der Waals surface area contributed by atoms with E-state index in [1.54, 1.807) is 19.3 Å². The molecule has 0 bridgehead atoms. The summed E-state index contributed by atoms with van der Waals surface area (Å²) in [4.78, 5) is 8.23. The molecule has 0 N–H and O–H groups in total. The second-order valence-electron chi connectivity index (χ2n) is 3.40. The number of rotatable bonds is 3. The summed E-state index contributed by atoms with van der Waals surface area (Å²) < 4.78 is 21.5. The summed E-state index contributed by atoms with van der Waals surface area (Å²) >= 11 is 0. The quantitative estimate of drug-likeness (QED) is 0.759. The van der Waals surface area contributed by atoms with Crippen LogP contribution in [-0.2, 0) is 10.7 Å². The highest BCUT2D eigenvalue weighted by Crippen LogP contribution is 2.17. The second-order valence-corrected chi connectivity index (χ2v) is 4.78. The van der Waals surface area contributed by atoms with Crippen LogP contribution in [0.3, 0.4) is 0 Å². The van der Waals surface area contributed by atoms with Crippen LogP contribution in [0, 0.1) is 6.92 Å². The zero-order chi connectivity index (χ0) is 10.7. The molecule has 14 heavy (non-hydrogen) atoms. The largest absolute Gasteiger partial charge is 0.258 e. The summed E-state index contributed by atoms with van der Waals surface area (Å²) in [6.07, 6.45) is 3.28. The van der Waals surface area contributed by atoms with Crippen LogP contribution < -0.4 is 0 Å². The Balaban J connectivity index is 2.89. The lowest BCUT2D eigenvalue weighted by molar-refractivity contribution is 0.586. The van der Waals surface area contributed by atoms with Gasteiger partial charge in [-0.2, -0.15) is 0 Å². The lowest BCUT2D eigenvalue weighted by Gasteiger charge is -2.13. The molecule has 1 aromatic rings. The Morgan fingerprint density at radius 1 is 1.21 bits per heavy atom. The predicted molar refractivity (Wildman–Crippen MR) is 55.0 cm³/mol. The Morgan fingerprint density at radius 3 is 2.29 bits per heavy atom. The van der Waals surface area contributed by atoms with Gasteiger partial charge in [0.05, 0.1) is 16.6 Å². The molecule has 78 valence electrons. The van der Waals surface area contributed by atoms with Crippen LogP contribution in [-0.4, -0.2) is 23.6 Å². The maximum atomic E-state index is 10.8. The number of aromatic nitrogens is 2. The molecule has 4 nitrogen and oxygen atoms in total. The smallest absolute Gasteiger partial charge is 0.143 e. The first-order chi connectivity index (χ1) is 6.52. The summed E-state index contributed by atoms with van der Waals surface area (Å²) in [6, 6.07) is 0. The van der Waals surface area contributed by atoms with E-state index in [0.717, 1.165) is 11.4 Å². The first-order valence-corrected chi connectivity index (χ1v) is 5.69. The fourth-order valence-electron chi connectivity index (χ4n) is 1.07. The van der Waals surface area contributed by atoms with Gasteiger partial charge in [0.2, 0.25) is 0 Å². The molecule has 0 fully saturated rings. The van der Waals surface area contributed by atoms with Crippen molar-refractivity contribution in [1.82, 2.24) is 9.97 Å². The molecule has 0 aliphatic heterocycles. The van der Waals surface area contributed by atoms with Gasteiger partial charge in [-0.3, -0.25) is 9.97 Å². The summed E-state index contributed by atoms with van der Waals surface area (Å²) in [5.41, 5.74) is 1.56. The van der Waals surface area contributed by atoms with Gasteiger partial charge in [-0.1, -0.05) is 6.92 Å². The Labute approximate surface area is 85.4 Å². The number of aryl methyl sites for hydroxylation is 1. The molecule has 0 aromatic carbocycles. The number of hydrogen-bond acceptors (Lipinski definition) is 4. The van der Waals surface area contributed by atoms with Crippen LogP contribution in [0.1, 0.15) is 31.2 Å². The van der Waals surface area contributed by atoms with Crippen molar-refractivity contribution in [2.24, 2.45) is 0 Å². The zero-order valence-corrected chi connectivity index (χ0v) is 9.36. The number of thiol groups is 1. The van der Waals surface area contributed by atoms with E-state index in [1.165, 1.54) is 0 Å². The van der Waals surface area contributed by atoms with Gasteiger partial charge in [-0.25, -0.2) is 8.42 Å². The highest BCUT2D eigenvalue weighted by molar-refractivity contribution is 7.73. The minimum Gasteiger partial charge on any atom is -0.258 e. The van der Waals surface area contributed by atoms with Gasteiger partial charge in [0.25, 0.3) is 0 Å². The van der Waals surface area contributed by atoms with Crippen molar-refractivity contribution in [2.45, 2.75) is 31.9 Å². The maximum Gasteiger partial charge on any atom is 0.143 e. The van der Waals surface area contributed by atoms with Crippen LogP contribution in [0.5, 0.6) is 0 Å². The normalized spacial score (nSPS) is 15.4. The van der Waals surface area contributed by atoms with E-state index in [0.29, 0.717) is 0 Å². The average Bonchev–Trinajstić information content (AvgIpc) is 2.16. The minimum absolute atomic E-state index is 0.107. The van der Waals surface area contributed by atoms with Crippen molar-refractivity contribution in [3.05, 3.63) is 23.8 Å². The summed E-state index contributed by atoms with van der Waals surface area (Å²) in [5.74, 6) is -0.107. The Kier molecular flexibility index (Phi) is 3.57. The molecule has 1 heterocycles. The van der Waals surface area contributed by atoms with Crippen LogP contribution in [0.2, 0.25) is 0 Å². The van der Waals surface area contributed by atoms with Gasteiger partial charge in [-0.15, -0.1) is 0 Å². The van der Waals surface area contributed by atoms with Gasteiger partial charge >= 0.3 is 0 Å². The van der Waals surface area contributed by atoms with Crippen molar-refractivity contribution in [3.63, 3.8) is 0 Å². The lowest BCUT2D eigenvalue weighted by atomic mass is 10.1. The molecule has 0 unspecified atom stereocenters. The fraction of sp³-hybridized carbons (Fsp3) is 0.556. The molecule has 1 aromatic heterocycles. The molecular formula is C9H14N2O2S. The van der Waals surface area contributed by atoms with Crippen molar-refractivity contribution >= 4 is 10.7 Å². The van der Waals surface area contributed by atoms with Crippen molar-refractivity contribution in [3.8, 4) is 0 Å². The maximum absolute atomic E-state index is 10.8. The molecule has 0 radical (unpaired) electrons. The first-order valence-electron chi connectivity index (χ1n) is 4.44. The van der Waals surface area contributed by atoms with Crippen molar-refractivity contribution in [2.75, 3.05) is 0 Å². The van der Waals surface area contributed by atoms with Gasteiger partial charge in [-0.05, 0) is 13.8 Å². The third-order valence-electron chi connectivity index (χ3n) is 2.32. The third kappa shape index (κ3) is 2.51. The molecule has 0 amide bonds. The van der Waals surface area contributed by atoms with E-state index in [2.05, 4.69) is 9.97 Å². The molecule has 5 heteroatoms. The zero-order valence-electron chi connectivity index (χ0n) is 8.47. The third-order valence-corrected chi connectivity index (χ3v) is 3.44. The standard InChI is InChI=1S/C9H14N2O2S/c1-6-4-11-9(5-10-6)7(2)8(3)14(12)13/h4-5,7-8,14H,1-3H3/t7-,8-/m1/s1. The summed E-state index contributed by atoms with van der Waals surface area (Å²) in [7, 11) is -2.40. The van der Waals surface area contributed by atoms with Gasteiger partial charge in [0, 0.05) is 18.3 Å². The molecule has 0 aliphatic rings. The van der Waals surface area contributed by atoms with E-state index in [4.69, 9.17) is 0 Å². The molecule has 0 spiro atoms. The average molecular weight is 214 g/mol. The van der Waals surface area contributed by atoms with E-state index in [-0.39, 0.29) is 5.92 Å². The van der Waals surface area contributed by atoms with Crippen LogP contribution in [0.4, 0.5) is 0 Å². The van der Waals surface area contributed by atoms with E-state index >= 15 is 0 Å². The predicted octanol–water partition coefficient (Wildman–Crippen LogP) is 0.888. The Morgan fingerprint density at radius 2 is 1.86 bits per heavy atom. The van der Waals surface area contributed by atoms with Crippen LogP contribution >= 0.6 is 0 Å². The summed E-state index contributed by atoms with van der Waals surface area (Å²) in [5, 5.41) is -0.401. The van der Waals surface area contributed by atoms with Crippen molar-refractivity contribution in [1.29, 1.82) is 0 Å². The topological polar surface area (TPSA) is 59.9 Å². The van der Waals surface area contributed by atoms with Gasteiger partial charge in [0.1, 0.15) is 10.7 Å². The molecule has 1 rings (SSSR count). The molecule has 0 saturated heterocycles. The lowest BCUT2D eigenvalue weighted by Crippen LogP contribution is -2.15. The summed E-state index contributed by atoms with van der Waals surface area (Å²) in [6.45, 7) is 5.37. The van der Waals surface area contributed by atoms with E-state index in [1.807, 2.05) is 13.8 Å². The fourth-order valence-corrected chi connectivity index (χ4v) is 1.59. The minimum atomic E-state index is -2.40. The molecule has 0 aliphatic carbocycles. The second kappa shape index (κ2) is 4.50. The van der Waals surface area contributed by atoms with Crippen LogP contribution in [0.15, 0.2) is 12.4 Å². The molecule has 0 saturated carbocycles. The monoisotopic (exact) mass is 214 g/mol. The van der Waals surface area contributed by atoms with E-state index < -0.39 is 16.0 Å². The number of nitrogens with zero attached hydrogens (tertiary/aromatic N) is 2. The molecule has 2 atom stereocenters. The van der Waals surface area contributed by atoms with Crippen molar-refractivity contribution < 1.29 is 8.42 Å². The number of hydrogen-bond donors (Lipinski definition) is 1. The highest BCUT2D eigenvalue weighted by atomic mass is 32.2. The Hall–Kier alpha value is -0.970. The van der Waals surface area contributed by atoms with Crippen LogP contribution in [0.25, 0.3) is 0 Å².